The maximum atomic E-state index is 4.24. The van der Waals surface area contributed by atoms with E-state index in [1.165, 1.54) is 6.42 Å². The van der Waals surface area contributed by atoms with Gasteiger partial charge in [0.2, 0.25) is 0 Å². The second kappa shape index (κ2) is 6.30. The zero-order chi connectivity index (χ0) is 12.0. The van der Waals surface area contributed by atoms with Crippen LogP contribution in [-0.4, -0.2) is 23.3 Å². The summed E-state index contributed by atoms with van der Waals surface area (Å²) in [6, 6.07) is 0. The Bertz CT molecular complexity index is 301. The SMILES string of the molecule is CCCNCCc1nnc(CC(C)(C)C)s1. The largest absolute Gasteiger partial charge is 0.316 e. The fraction of sp³-hybridized carbons (Fsp3) is 0.833. The van der Waals surface area contributed by atoms with Gasteiger partial charge in [0.15, 0.2) is 0 Å². The van der Waals surface area contributed by atoms with Crippen LogP contribution in [0.1, 0.15) is 44.1 Å². The summed E-state index contributed by atoms with van der Waals surface area (Å²) in [5.74, 6) is 0. The van der Waals surface area contributed by atoms with Gasteiger partial charge in [-0.25, -0.2) is 0 Å². The van der Waals surface area contributed by atoms with E-state index in [-0.39, 0.29) is 0 Å². The monoisotopic (exact) mass is 241 g/mol. The summed E-state index contributed by atoms with van der Waals surface area (Å²) in [5, 5.41) is 14.2. The Morgan fingerprint density at radius 2 is 1.81 bits per heavy atom. The van der Waals surface area contributed by atoms with Gasteiger partial charge in [0.05, 0.1) is 0 Å². The summed E-state index contributed by atoms with van der Waals surface area (Å²) in [4.78, 5) is 0. The Morgan fingerprint density at radius 1 is 1.12 bits per heavy atom. The van der Waals surface area contributed by atoms with Crippen molar-refractivity contribution >= 4 is 11.3 Å². The van der Waals surface area contributed by atoms with E-state index in [1.807, 2.05) is 0 Å². The highest BCUT2D eigenvalue weighted by molar-refractivity contribution is 7.11. The van der Waals surface area contributed by atoms with Gasteiger partial charge in [-0.05, 0) is 18.4 Å². The minimum absolute atomic E-state index is 0.303. The first kappa shape index (κ1) is 13.6. The van der Waals surface area contributed by atoms with Crippen molar-refractivity contribution in [1.82, 2.24) is 15.5 Å². The molecule has 0 radical (unpaired) electrons. The van der Waals surface area contributed by atoms with Crippen LogP contribution in [0.5, 0.6) is 0 Å². The van der Waals surface area contributed by atoms with Crippen molar-refractivity contribution in [3.8, 4) is 0 Å². The fourth-order valence-corrected chi connectivity index (χ4v) is 2.56. The molecule has 0 unspecified atom stereocenters. The molecule has 0 saturated heterocycles. The van der Waals surface area contributed by atoms with Gasteiger partial charge in [0.1, 0.15) is 10.0 Å². The molecule has 0 spiro atoms. The summed E-state index contributed by atoms with van der Waals surface area (Å²) < 4.78 is 0. The van der Waals surface area contributed by atoms with Gasteiger partial charge in [0.25, 0.3) is 0 Å². The summed E-state index contributed by atoms with van der Waals surface area (Å²) in [6.07, 6.45) is 3.21. The molecule has 0 aromatic carbocycles. The summed E-state index contributed by atoms with van der Waals surface area (Å²) >= 11 is 1.76. The molecular formula is C12H23N3S. The maximum absolute atomic E-state index is 4.24. The lowest BCUT2D eigenvalue weighted by molar-refractivity contribution is 0.409. The van der Waals surface area contributed by atoms with Crippen LogP contribution >= 0.6 is 11.3 Å². The van der Waals surface area contributed by atoms with E-state index in [0.717, 1.165) is 35.9 Å². The van der Waals surface area contributed by atoms with Crippen LogP contribution in [0.15, 0.2) is 0 Å². The number of hydrogen-bond acceptors (Lipinski definition) is 4. The first-order chi connectivity index (χ1) is 7.51. The van der Waals surface area contributed by atoms with Gasteiger partial charge in [-0.15, -0.1) is 21.5 Å². The third-order valence-electron chi connectivity index (χ3n) is 2.13. The van der Waals surface area contributed by atoms with Crippen LogP contribution in [0.4, 0.5) is 0 Å². The first-order valence-corrected chi connectivity index (χ1v) is 6.85. The molecule has 1 rings (SSSR count). The second-order valence-electron chi connectivity index (χ2n) is 5.33. The highest BCUT2D eigenvalue weighted by Gasteiger charge is 2.14. The Morgan fingerprint density at radius 3 is 2.44 bits per heavy atom. The van der Waals surface area contributed by atoms with Crippen LogP contribution < -0.4 is 5.32 Å². The molecule has 16 heavy (non-hydrogen) atoms. The molecule has 3 nitrogen and oxygen atoms in total. The van der Waals surface area contributed by atoms with E-state index in [0.29, 0.717) is 5.41 Å². The minimum atomic E-state index is 0.303. The van der Waals surface area contributed by atoms with E-state index in [1.54, 1.807) is 11.3 Å². The van der Waals surface area contributed by atoms with Crippen LogP contribution in [0.2, 0.25) is 0 Å². The summed E-state index contributed by atoms with van der Waals surface area (Å²) in [6.45, 7) is 11.0. The number of rotatable bonds is 6. The van der Waals surface area contributed by atoms with Gasteiger partial charge in [-0.1, -0.05) is 27.7 Å². The van der Waals surface area contributed by atoms with Crippen LogP contribution in [0, 0.1) is 5.41 Å². The van der Waals surface area contributed by atoms with Gasteiger partial charge in [0, 0.05) is 19.4 Å². The van der Waals surface area contributed by atoms with Crippen molar-refractivity contribution in [2.24, 2.45) is 5.41 Å². The average molecular weight is 241 g/mol. The average Bonchev–Trinajstić information content (AvgIpc) is 2.58. The fourth-order valence-electron chi connectivity index (χ4n) is 1.41. The lowest BCUT2D eigenvalue weighted by Crippen LogP contribution is -2.17. The lowest BCUT2D eigenvalue weighted by Gasteiger charge is -2.14. The van der Waals surface area contributed by atoms with Crippen LogP contribution in [-0.2, 0) is 12.8 Å². The smallest absolute Gasteiger partial charge is 0.118 e. The van der Waals surface area contributed by atoms with Gasteiger partial charge in [-0.3, -0.25) is 0 Å². The Hall–Kier alpha value is -0.480. The number of nitrogens with one attached hydrogen (secondary N) is 1. The summed E-state index contributed by atoms with van der Waals surface area (Å²) in [5.41, 5.74) is 0.303. The van der Waals surface area contributed by atoms with Crippen molar-refractivity contribution in [3.05, 3.63) is 10.0 Å². The number of nitrogens with zero attached hydrogens (tertiary/aromatic N) is 2. The van der Waals surface area contributed by atoms with Gasteiger partial charge in [-0.2, -0.15) is 0 Å². The molecule has 0 fully saturated rings. The van der Waals surface area contributed by atoms with Gasteiger partial charge < -0.3 is 5.32 Å². The lowest BCUT2D eigenvalue weighted by atomic mass is 9.93. The van der Waals surface area contributed by atoms with Crippen molar-refractivity contribution in [2.45, 2.75) is 47.0 Å². The molecule has 0 saturated carbocycles. The van der Waals surface area contributed by atoms with E-state index in [2.05, 4.69) is 43.2 Å². The van der Waals surface area contributed by atoms with E-state index >= 15 is 0 Å². The molecule has 0 aliphatic rings. The minimum Gasteiger partial charge on any atom is -0.316 e. The van der Waals surface area contributed by atoms with Crippen LogP contribution in [0.25, 0.3) is 0 Å². The normalized spacial score (nSPS) is 12.0. The molecule has 0 atom stereocenters. The van der Waals surface area contributed by atoms with E-state index in [4.69, 9.17) is 0 Å². The molecular weight excluding hydrogens is 218 g/mol. The highest BCUT2D eigenvalue weighted by Crippen LogP contribution is 2.22. The molecule has 0 bridgehead atoms. The molecule has 0 aliphatic carbocycles. The Labute approximate surface area is 103 Å². The van der Waals surface area contributed by atoms with Crippen LogP contribution in [0.3, 0.4) is 0 Å². The van der Waals surface area contributed by atoms with E-state index in [9.17, 15) is 0 Å². The number of hydrogen-bond donors (Lipinski definition) is 1. The molecule has 1 aromatic rings. The van der Waals surface area contributed by atoms with E-state index < -0.39 is 0 Å². The molecule has 4 heteroatoms. The van der Waals surface area contributed by atoms with Crippen molar-refractivity contribution in [2.75, 3.05) is 13.1 Å². The van der Waals surface area contributed by atoms with Crippen molar-refractivity contribution in [1.29, 1.82) is 0 Å². The molecule has 92 valence electrons. The van der Waals surface area contributed by atoms with Crippen molar-refractivity contribution in [3.63, 3.8) is 0 Å². The predicted octanol–water partition coefficient (Wildman–Crippen LogP) is 2.67. The zero-order valence-corrected chi connectivity index (χ0v) is 11.7. The molecule has 1 heterocycles. The molecule has 0 aliphatic heterocycles. The van der Waals surface area contributed by atoms with Gasteiger partial charge >= 0.3 is 0 Å². The molecule has 0 amide bonds. The second-order valence-corrected chi connectivity index (χ2v) is 6.47. The maximum Gasteiger partial charge on any atom is 0.118 e. The molecule has 1 N–H and O–H groups in total. The van der Waals surface area contributed by atoms with Crippen molar-refractivity contribution < 1.29 is 0 Å². The highest BCUT2D eigenvalue weighted by atomic mass is 32.1. The number of aromatic nitrogens is 2. The quantitative estimate of drug-likeness (QED) is 0.778. The predicted molar refractivity (Wildman–Crippen MR) is 69.9 cm³/mol. The Kier molecular flexibility index (Phi) is 5.35. The zero-order valence-electron chi connectivity index (χ0n) is 10.8. The first-order valence-electron chi connectivity index (χ1n) is 6.03. The third kappa shape index (κ3) is 5.56. The standard InChI is InChI=1S/C12H23N3S/c1-5-7-13-8-6-10-14-15-11(16-10)9-12(2,3)4/h13H,5-9H2,1-4H3. The topological polar surface area (TPSA) is 37.8 Å². The molecule has 1 aromatic heterocycles. The summed E-state index contributed by atoms with van der Waals surface area (Å²) in [7, 11) is 0. The Balaban J connectivity index is 2.34. The third-order valence-corrected chi connectivity index (χ3v) is 3.12.